The van der Waals surface area contributed by atoms with Gasteiger partial charge in [-0.2, -0.15) is 15.0 Å². The Kier molecular flexibility index (Phi) is 5.84. The van der Waals surface area contributed by atoms with Gasteiger partial charge in [-0.15, -0.1) is 5.10 Å². The van der Waals surface area contributed by atoms with Gasteiger partial charge in [0.15, 0.2) is 5.82 Å². The third-order valence-electron chi connectivity index (χ3n) is 2.82. The molecule has 2 rings (SSSR count). The molecule has 0 fully saturated rings. The predicted octanol–water partition coefficient (Wildman–Crippen LogP) is -1.06. The zero-order valence-corrected chi connectivity index (χ0v) is 15.1. The molecule has 12 heteroatoms. The monoisotopic (exact) mass is 352 g/mol. The second kappa shape index (κ2) is 7.86. The molecule has 0 radical (unpaired) electrons. The fraction of sp³-hybridized carbons (Fsp3) is 0.583. The van der Waals surface area contributed by atoms with E-state index in [-0.39, 0.29) is 18.2 Å². The summed E-state index contributed by atoms with van der Waals surface area (Å²) in [5.74, 6) is 1.63. The van der Waals surface area contributed by atoms with E-state index in [1.54, 1.807) is 16.8 Å². The molecule has 0 spiro atoms. The molecule has 2 heterocycles. The van der Waals surface area contributed by atoms with Crippen LogP contribution in [-0.4, -0.2) is 75.0 Å². The van der Waals surface area contributed by atoms with Crippen LogP contribution in [0.4, 0.5) is 11.9 Å². The third-order valence-corrected chi connectivity index (χ3v) is 3.83. The average Bonchev–Trinajstić information content (AvgIpc) is 2.95. The Morgan fingerprint density at radius 1 is 1.12 bits per heavy atom. The number of carbonyl (C=O) groups excluding carboxylic acids is 1. The molecule has 0 saturated heterocycles. The topological polar surface area (TPSA) is 118 Å². The number of hydrogen-bond donors (Lipinski definition) is 1. The van der Waals surface area contributed by atoms with Gasteiger partial charge in [0.25, 0.3) is 0 Å². The summed E-state index contributed by atoms with van der Waals surface area (Å²) in [6, 6.07) is 0. The maximum atomic E-state index is 12.0. The van der Waals surface area contributed by atoms with Crippen LogP contribution in [-0.2, 0) is 18.4 Å². The van der Waals surface area contributed by atoms with Crippen molar-refractivity contribution in [3.63, 3.8) is 0 Å². The van der Waals surface area contributed by atoms with E-state index in [1.807, 2.05) is 28.2 Å². The first-order valence-corrected chi connectivity index (χ1v) is 8.07. The Hall–Kier alpha value is -2.50. The molecule has 2 aromatic heterocycles. The van der Waals surface area contributed by atoms with E-state index in [0.717, 1.165) is 0 Å². The summed E-state index contributed by atoms with van der Waals surface area (Å²) >= 11 is 1.26. The van der Waals surface area contributed by atoms with Gasteiger partial charge < -0.3 is 15.1 Å². The predicted molar refractivity (Wildman–Crippen MR) is 89.8 cm³/mol. The quantitative estimate of drug-likeness (QED) is 0.617. The Morgan fingerprint density at radius 2 is 1.75 bits per heavy atom. The number of tetrazole rings is 1. The third kappa shape index (κ3) is 4.75. The molecule has 1 N–H and O–H groups in total. The van der Waals surface area contributed by atoms with E-state index in [0.29, 0.717) is 22.9 Å². The minimum atomic E-state index is -0.152. The van der Waals surface area contributed by atoms with E-state index in [2.05, 4.69) is 35.8 Å². The molecule has 1 amide bonds. The first kappa shape index (κ1) is 17.8. The highest BCUT2D eigenvalue weighted by Gasteiger charge is 2.12. The number of amides is 1. The van der Waals surface area contributed by atoms with Crippen molar-refractivity contribution in [1.29, 1.82) is 0 Å². The lowest BCUT2D eigenvalue weighted by Gasteiger charge is -2.16. The van der Waals surface area contributed by atoms with Crippen LogP contribution < -0.4 is 15.1 Å². The van der Waals surface area contributed by atoms with Crippen LogP contribution in [0.25, 0.3) is 0 Å². The zero-order valence-electron chi connectivity index (χ0n) is 14.3. The molecule has 0 aromatic carbocycles. The summed E-state index contributed by atoms with van der Waals surface area (Å²) in [6.45, 7) is 0.223. The van der Waals surface area contributed by atoms with Gasteiger partial charge in [-0.1, -0.05) is 11.8 Å². The largest absolute Gasteiger partial charge is 0.348 e. The number of anilines is 2. The number of carbonyl (C=O) groups is 1. The molecule has 0 aliphatic carbocycles. The Bertz CT molecular complexity index is 675. The van der Waals surface area contributed by atoms with E-state index in [4.69, 9.17) is 0 Å². The van der Waals surface area contributed by atoms with Crippen LogP contribution in [0.5, 0.6) is 0 Å². The van der Waals surface area contributed by atoms with Gasteiger partial charge in [-0.3, -0.25) is 4.79 Å². The molecule has 0 unspecified atom stereocenters. The van der Waals surface area contributed by atoms with Crippen molar-refractivity contribution in [2.75, 3.05) is 43.7 Å². The smallest absolute Gasteiger partial charge is 0.230 e. The molecule has 0 saturated carbocycles. The fourth-order valence-electron chi connectivity index (χ4n) is 1.58. The van der Waals surface area contributed by atoms with Crippen LogP contribution in [0.2, 0.25) is 0 Å². The molecule has 0 aliphatic rings. The maximum Gasteiger partial charge on any atom is 0.230 e. The first-order valence-electron chi connectivity index (χ1n) is 7.08. The number of rotatable bonds is 7. The van der Waals surface area contributed by atoms with Crippen LogP contribution in [0.3, 0.4) is 0 Å². The number of thioether (sulfide) groups is 1. The summed E-state index contributed by atoms with van der Waals surface area (Å²) in [6.07, 6.45) is 0. The molecular weight excluding hydrogens is 332 g/mol. The summed E-state index contributed by atoms with van der Waals surface area (Å²) < 4.78 is 1.51. The van der Waals surface area contributed by atoms with Gasteiger partial charge >= 0.3 is 0 Å². The van der Waals surface area contributed by atoms with Gasteiger partial charge in [0, 0.05) is 35.2 Å². The lowest BCUT2D eigenvalue weighted by Crippen LogP contribution is -2.27. The fourth-order valence-corrected chi connectivity index (χ4v) is 2.26. The van der Waals surface area contributed by atoms with Crippen molar-refractivity contribution in [2.45, 2.75) is 11.7 Å². The van der Waals surface area contributed by atoms with Crippen molar-refractivity contribution in [1.82, 2.24) is 40.5 Å². The Labute approximate surface area is 143 Å². The van der Waals surface area contributed by atoms with Gasteiger partial charge in [0.2, 0.25) is 23.0 Å². The van der Waals surface area contributed by atoms with Crippen LogP contribution in [0.1, 0.15) is 5.82 Å². The number of nitrogens with zero attached hydrogens (tertiary/aromatic N) is 9. The van der Waals surface area contributed by atoms with Crippen molar-refractivity contribution >= 4 is 29.6 Å². The molecule has 130 valence electrons. The Morgan fingerprint density at radius 3 is 2.25 bits per heavy atom. The van der Waals surface area contributed by atoms with Crippen molar-refractivity contribution in [3.8, 4) is 0 Å². The molecule has 0 bridgehead atoms. The van der Waals surface area contributed by atoms with Crippen molar-refractivity contribution in [2.24, 2.45) is 7.05 Å². The highest BCUT2D eigenvalue weighted by Crippen LogP contribution is 2.12. The first-order chi connectivity index (χ1) is 11.4. The molecular formula is C12H20N10OS. The molecule has 24 heavy (non-hydrogen) atoms. The zero-order chi connectivity index (χ0) is 17.7. The lowest BCUT2D eigenvalue weighted by atomic mass is 10.5. The summed E-state index contributed by atoms with van der Waals surface area (Å²) in [7, 11) is 9.12. The van der Waals surface area contributed by atoms with Crippen molar-refractivity contribution in [3.05, 3.63) is 5.82 Å². The SMILES string of the molecule is CN(C)c1nc(CNC(=O)CSc2nnnn2C)nc(N(C)C)n1. The van der Waals surface area contributed by atoms with Gasteiger partial charge in [0.05, 0.1) is 12.3 Å². The number of hydrogen-bond acceptors (Lipinski definition) is 10. The number of aromatic nitrogens is 7. The lowest BCUT2D eigenvalue weighted by molar-refractivity contribution is -0.118. The van der Waals surface area contributed by atoms with E-state index < -0.39 is 0 Å². The van der Waals surface area contributed by atoms with Gasteiger partial charge in [0.1, 0.15) is 0 Å². The minimum absolute atomic E-state index is 0.152. The highest BCUT2D eigenvalue weighted by molar-refractivity contribution is 7.99. The average molecular weight is 352 g/mol. The molecule has 11 nitrogen and oxygen atoms in total. The number of nitrogens with one attached hydrogen (secondary N) is 1. The summed E-state index contributed by atoms with van der Waals surface area (Å²) in [5.41, 5.74) is 0. The van der Waals surface area contributed by atoms with Crippen molar-refractivity contribution < 1.29 is 4.79 Å². The molecule has 0 aliphatic heterocycles. The molecule has 2 aromatic rings. The second-order valence-electron chi connectivity index (χ2n) is 5.29. The van der Waals surface area contributed by atoms with E-state index >= 15 is 0 Å². The number of aryl methyl sites for hydroxylation is 1. The summed E-state index contributed by atoms with van der Waals surface area (Å²) in [5, 5.41) is 14.4. The van der Waals surface area contributed by atoms with Crippen LogP contribution >= 0.6 is 11.8 Å². The summed E-state index contributed by atoms with van der Waals surface area (Å²) in [4.78, 5) is 28.5. The molecule has 0 atom stereocenters. The van der Waals surface area contributed by atoms with Gasteiger partial charge in [-0.25, -0.2) is 4.68 Å². The standard InChI is InChI=1S/C12H20N10OS/c1-20(2)10-14-8(15-11(16-10)21(3)4)6-13-9(23)7-24-12-17-18-19-22(12)5/h6-7H2,1-5H3,(H,13,23). The van der Waals surface area contributed by atoms with E-state index in [9.17, 15) is 4.79 Å². The Balaban J connectivity index is 1.95. The van der Waals surface area contributed by atoms with E-state index in [1.165, 1.54) is 16.4 Å². The second-order valence-corrected chi connectivity index (χ2v) is 6.23. The normalized spacial score (nSPS) is 10.5. The minimum Gasteiger partial charge on any atom is -0.348 e. The van der Waals surface area contributed by atoms with Crippen LogP contribution in [0, 0.1) is 0 Å². The maximum absolute atomic E-state index is 12.0. The highest BCUT2D eigenvalue weighted by atomic mass is 32.2. The van der Waals surface area contributed by atoms with Gasteiger partial charge in [-0.05, 0) is 10.4 Å². The van der Waals surface area contributed by atoms with Crippen LogP contribution in [0.15, 0.2) is 5.16 Å².